The number of sulfone groups is 1. The summed E-state index contributed by atoms with van der Waals surface area (Å²) in [6, 6.07) is 10.0. The van der Waals surface area contributed by atoms with Gasteiger partial charge in [0.15, 0.2) is 5.96 Å². The number of aliphatic imine (C=N–C) groups is 1. The number of hydrogen-bond donors (Lipinski definition) is 2. The van der Waals surface area contributed by atoms with E-state index in [1.165, 1.54) is 6.26 Å². The van der Waals surface area contributed by atoms with Crippen molar-refractivity contribution in [3.8, 4) is 0 Å². The highest BCUT2D eigenvalue weighted by Crippen LogP contribution is 2.18. The molecule has 25 heavy (non-hydrogen) atoms. The molecule has 6 nitrogen and oxygen atoms in total. The van der Waals surface area contributed by atoms with Crippen LogP contribution in [0.25, 0.3) is 11.0 Å². The Bertz CT molecular complexity index is 779. The molecule has 7 heteroatoms. The Morgan fingerprint density at radius 1 is 1.32 bits per heavy atom. The van der Waals surface area contributed by atoms with Crippen molar-refractivity contribution in [1.29, 1.82) is 0 Å². The lowest BCUT2D eigenvalue weighted by molar-refractivity contribution is 0.549. The Hall–Kier alpha value is -2.02. The molecule has 0 saturated heterocycles. The molecule has 0 aliphatic heterocycles. The summed E-state index contributed by atoms with van der Waals surface area (Å²) in [6.07, 6.45) is 2.52. The second kappa shape index (κ2) is 8.89. The van der Waals surface area contributed by atoms with Gasteiger partial charge in [-0.2, -0.15) is 0 Å². The van der Waals surface area contributed by atoms with Crippen LogP contribution in [0.3, 0.4) is 0 Å². The molecule has 1 atom stereocenters. The molecule has 0 fully saturated rings. The predicted octanol–water partition coefficient (Wildman–Crippen LogP) is 2.35. The Morgan fingerprint density at radius 3 is 2.76 bits per heavy atom. The van der Waals surface area contributed by atoms with Gasteiger partial charge in [0.1, 0.15) is 21.2 Å². The predicted molar refractivity (Wildman–Crippen MR) is 103 cm³/mol. The first-order chi connectivity index (χ1) is 11.9. The molecule has 0 aliphatic rings. The molecule has 0 aliphatic carbocycles. The zero-order valence-electron chi connectivity index (χ0n) is 15.1. The van der Waals surface area contributed by atoms with Crippen LogP contribution in [0.2, 0.25) is 0 Å². The normalized spacial score (nSPS) is 13.8. The summed E-state index contributed by atoms with van der Waals surface area (Å²) >= 11 is 0. The smallest absolute Gasteiger partial charge is 0.191 e. The third-order valence-electron chi connectivity index (χ3n) is 3.75. The molecule has 2 N–H and O–H groups in total. The second-order valence-corrected chi connectivity index (χ2v) is 8.48. The maximum Gasteiger partial charge on any atom is 0.191 e. The van der Waals surface area contributed by atoms with Gasteiger partial charge < -0.3 is 15.1 Å². The Labute approximate surface area is 149 Å². The summed E-state index contributed by atoms with van der Waals surface area (Å²) in [5.74, 6) is 1.77. The van der Waals surface area contributed by atoms with Crippen molar-refractivity contribution in [3.63, 3.8) is 0 Å². The molecule has 0 radical (unpaired) electrons. The van der Waals surface area contributed by atoms with Gasteiger partial charge in [-0.05, 0) is 32.4 Å². The second-order valence-electron chi connectivity index (χ2n) is 6.23. The molecule has 138 valence electrons. The molecule has 0 bridgehead atoms. The largest absolute Gasteiger partial charge is 0.461 e. The number of rotatable bonds is 8. The Kier molecular flexibility index (Phi) is 6.87. The first-order valence-electron chi connectivity index (χ1n) is 8.57. The van der Waals surface area contributed by atoms with E-state index in [0.717, 1.165) is 23.3 Å². The third kappa shape index (κ3) is 6.78. The minimum absolute atomic E-state index is 0.0266. The average Bonchev–Trinajstić information content (AvgIpc) is 2.95. The quantitative estimate of drug-likeness (QED) is 0.554. The van der Waals surface area contributed by atoms with Gasteiger partial charge in [0, 0.05) is 37.2 Å². The summed E-state index contributed by atoms with van der Waals surface area (Å²) in [6.45, 7) is 5.29. The summed E-state index contributed by atoms with van der Waals surface area (Å²) in [4.78, 5) is 4.55. The molecule has 0 spiro atoms. The standard InChI is InChI=1S/C18H27N3O3S/c1-4-19-18(21-14(2)10-12-25(3,22)23)20-11-9-16-13-15-7-5-6-8-17(15)24-16/h5-8,13-14H,4,9-12H2,1-3H3,(H2,19,20,21). The van der Waals surface area contributed by atoms with Crippen LogP contribution in [-0.4, -0.2) is 45.5 Å². The van der Waals surface area contributed by atoms with Crippen molar-refractivity contribution >= 4 is 26.8 Å². The first kappa shape index (κ1) is 19.3. The number of nitrogens with zero attached hydrogens (tertiary/aromatic N) is 1. The van der Waals surface area contributed by atoms with Crippen LogP contribution in [-0.2, 0) is 16.3 Å². The number of para-hydroxylation sites is 1. The first-order valence-corrected chi connectivity index (χ1v) is 10.6. The monoisotopic (exact) mass is 365 g/mol. The zero-order valence-corrected chi connectivity index (χ0v) is 15.9. The van der Waals surface area contributed by atoms with Crippen LogP contribution in [0.4, 0.5) is 0 Å². The lowest BCUT2D eigenvalue weighted by atomic mass is 10.2. The summed E-state index contributed by atoms with van der Waals surface area (Å²) < 4.78 is 28.3. The third-order valence-corrected chi connectivity index (χ3v) is 4.73. The van der Waals surface area contributed by atoms with Gasteiger partial charge in [0.25, 0.3) is 0 Å². The van der Waals surface area contributed by atoms with Crippen molar-refractivity contribution < 1.29 is 12.8 Å². The van der Waals surface area contributed by atoms with Crippen LogP contribution in [0, 0.1) is 0 Å². The van der Waals surface area contributed by atoms with Gasteiger partial charge in [-0.1, -0.05) is 18.2 Å². The molecule has 1 aromatic carbocycles. The van der Waals surface area contributed by atoms with E-state index in [1.54, 1.807) is 0 Å². The highest BCUT2D eigenvalue weighted by atomic mass is 32.2. The van der Waals surface area contributed by atoms with Crippen molar-refractivity contribution in [3.05, 3.63) is 36.1 Å². The van der Waals surface area contributed by atoms with Gasteiger partial charge in [0.05, 0.1) is 5.75 Å². The van der Waals surface area contributed by atoms with Crippen LogP contribution < -0.4 is 10.6 Å². The van der Waals surface area contributed by atoms with Gasteiger partial charge in [-0.3, -0.25) is 4.99 Å². The minimum Gasteiger partial charge on any atom is -0.461 e. The highest BCUT2D eigenvalue weighted by molar-refractivity contribution is 7.90. The van der Waals surface area contributed by atoms with E-state index in [2.05, 4.69) is 15.6 Å². The summed E-state index contributed by atoms with van der Waals surface area (Å²) in [5, 5.41) is 7.53. The molecular weight excluding hydrogens is 338 g/mol. The molecular formula is C18H27N3O3S. The number of hydrogen-bond acceptors (Lipinski definition) is 4. The van der Waals surface area contributed by atoms with Crippen LogP contribution in [0.1, 0.15) is 26.0 Å². The zero-order chi connectivity index (χ0) is 18.3. The SMILES string of the molecule is CCNC(=NCCc1cc2ccccc2o1)NC(C)CCS(C)(=O)=O. The Morgan fingerprint density at radius 2 is 2.08 bits per heavy atom. The van der Waals surface area contributed by atoms with Gasteiger partial charge >= 0.3 is 0 Å². The van der Waals surface area contributed by atoms with Crippen molar-refractivity contribution in [2.75, 3.05) is 25.1 Å². The van der Waals surface area contributed by atoms with Gasteiger partial charge in [-0.15, -0.1) is 0 Å². The fraction of sp³-hybridized carbons (Fsp3) is 0.500. The van der Waals surface area contributed by atoms with E-state index in [1.807, 2.05) is 44.2 Å². The van der Waals surface area contributed by atoms with Crippen LogP contribution in [0.15, 0.2) is 39.7 Å². The van der Waals surface area contributed by atoms with Crippen molar-refractivity contribution in [2.24, 2.45) is 4.99 Å². The summed E-state index contributed by atoms with van der Waals surface area (Å²) in [7, 11) is -2.95. The van der Waals surface area contributed by atoms with Gasteiger partial charge in [0.2, 0.25) is 0 Å². The fourth-order valence-electron chi connectivity index (χ4n) is 2.45. The van der Waals surface area contributed by atoms with Crippen LogP contribution >= 0.6 is 0 Å². The lowest BCUT2D eigenvalue weighted by Gasteiger charge is -2.17. The van der Waals surface area contributed by atoms with E-state index < -0.39 is 9.84 Å². The van der Waals surface area contributed by atoms with E-state index in [-0.39, 0.29) is 11.8 Å². The summed E-state index contributed by atoms with van der Waals surface area (Å²) in [5.41, 5.74) is 0.890. The topological polar surface area (TPSA) is 83.7 Å². The minimum atomic E-state index is -2.95. The molecule has 0 saturated carbocycles. The maximum atomic E-state index is 11.3. The van der Waals surface area contributed by atoms with E-state index in [0.29, 0.717) is 25.3 Å². The number of nitrogens with one attached hydrogen (secondary N) is 2. The average molecular weight is 365 g/mol. The molecule has 0 amide bonds. The molecule has 2 aromatic rings. The maximum absolute atomic E-state index is 11.3. The molecule has 2 rings (SSSR count). The number of guanidine groups is 1. The number of furan rings is 1. The Balaban J connectivity index is 1.89. The highest BCUT2D eigenvalue weighted by Gasteiger charge is 2.09. The molecule has 1 unspecified atom stereocenters. The van der Waals surface area contributed by atoms with Crippen LogP contribution in [0.5, 0.6) is 0 Å². The van der Waals surface area contributed by atoms with E-state index >= 15 is 0 Å². The van der Waals surface area contributed by atoms with E-state index in [4.69, 9.17) is 4.42 Å². The number of benzene rings is 1. The lowest BCUT2D eigenvalue weighted by Crippen LogP contribution is -2.43. The fourth-order valence-corrected chi connectivity index (χ4v) is 3.24. The van der Waals surface area contributed by atoms with E-state index in [9.17, 15) is 8.42 Å². The van der Waals surface area contributed by atoms with Gasteiger partial charge in [-0.25, -0.2) is 8.42 Å². The molecule has 1 heterocycles. The van der Waals surface area contributed by atoms with Crippen molar-refractivity contribution in [1.82, 2.24) is 10.6 Å². The molecule has 1 aromatic heterocycles. The number of fused-ring (bicyclic) bond motifs is 1. The van der Waals surface area contributed by atoms with Crippen molar-refractivity contribution in [2.45, 2.75) is 32.7 Å².